The van der Waals surface area contributed by atoms with E-state index in [2.05, 4.69) is 16.1 Å². The summed E-state index contributed by atoms with van der Waals surface area (Å²) in [5.41, 5.74) is 2.54. The highest BCUT2D eigenvalue weighted by Gasteiger charge is 2.48. The van der Waals surface area contributed by atoms with Crippen molar-refractivity contribution in [3.8, 4) is 0 Å². The van der Waals surface area contributed by atoms with Gasteiger partial charge in [-0.1, -0.05) is 67.1 Å². The van der Waals surface area contributed by atoms with Crippen LogP contribution in [0.25, 0.3) is 0 Å². The number of nitrogens with zero attached hydrogens (tertiary/aromatic N) is 1. The maximum absolute atomic E-state index is 12.3. The molecule has 0 aliphatic carbocycles. The Morgan fingerprint density at radius 1 is 0.895 bits per heavy atom. The Morgan fingerprint density at radius 3 is 2.03 bits per heavy atom. The molecule has 2 amide bonds. The first-order chi connectivity index (χ1) is 18.2. The summed E-state index contributed by atoms with van der Waals surface area (Å²) in [6.07, 6.45) is 1.11. The molecular formula is C28H38N4O6. The zero-order valence-corrected chi connectivity index (χ0v) is 21.9. The number of amides is 2. The van der Waals surface area contributed by atoms with Crippen LogP contribution >= 0.6 is 0 Å². The first-order valence-electron chi connectivity index (χ1n) is 12.7. The first-order valence-corrected chi connectivity index (χ1v) is 12.7. The summed E-state index contributed by atoms with van der Waals surface area (Å²) in [5, 5.41) is 26.7. The number of nitrogens with one attached hydrogen (secondary N) is 3. The fraction of sp³-hybridized carbons (Fsp3) is 0.429. The smallest absolute Gasteiger partial charge is 0.419 e. The molecule has 0 aliphatic rings. The third-order valence-corrected chi connectivity index (χ3v) is 6.54. The van der Waals surface area contributed by atoms with Crippen molar-refractivity contribution in [3.05, 3.63) is 71.8 Å². The zero-order valence-electron chi connectivity index (χ0n) is 21.9. The molecule has 0 fully saturated rings. The standard InChI is InChI=1S/C28H38N4O6/c1-21(19-33)29-16-10-9-15-25(17-23-11-5-3-6-12-23)28(30-26(35)36,18-24-13-7-4-8-14-24)32(22(2)20-34)31-27(37)38/h3-8,11-14,19-22,25,29-31H,9-10,15-18H2,1-2H3,(H,35,36)(H,37,38)/t21?,22-,25-,28?/m0/s1. The van der Waals surface area contributed by atoms with Crippen molar-refractivity contribution >= 4 is 24.8 Å². The van der Waals surface area contributed by atoms with Gasteiger partial charge in [0, 0.05) is 12.3 Å². The minimum atomic E-state index is -1.51. The van der Waals surface area contributed by atoms with E-state index in [1.807, 2.05) is 60.7 Å². The Morgan fingerprint density at radius 2 is 1.50 bits per heavy atom. The van der Waals surface area contributed by atoms with E-state index >= 15 is 0 Å². The number of carboxylic acid groups (broad SMARTS) is 2. The molecule has 10 nitrogen and oxygen atoms in total. The second kappa shape index (κ2) is 15.5. The molecule has 206 valence electrons. The summed E-state index contributed by atoms with van der Waals surface area (Å²) in [4.78, 5) is 47.1. The van der Waals surface area contributed by atoms with Gasteiger partial charge in [0.2, 0.25) is 0 Å². The van der Waals surface area contributed by atoms with E-state index in [-0.39, 0.29) is 12.5 Å². The van der Waals surface area contributed by atoms with Crippen molar-refractivity contribution in [2.24, 2.45) is 5.92 Å². The number of unbranched alkanes of at least 4 members (excludes halogenated alkanes) is 1. The number of hydrogen-bond acceptors (Lipinski definition) is 6. The number of rotatable bonds is 17. The molecule has 0 bridgehead atoms. The van der Waals surface area contributed by atoms with Gasteiger partial charge in [-0.25, -0.2) is 9.59 Å². The van der Waals surface area contributed by atoms with Crippen LogP contribution in [0.4, 0.5) is 9.59 Å². The van der Waals surface area contributed by atoms with Gasteiger partial charge in [0.25, 0.3) is 0 Å². The normalized spacial score (nSPS) is 15.0. The molecular weight excluding hydrogens is 488 g/mol. The van der Waals surface area contributed by atoms with Crippen molar-refractivity contribution in [1.82, 2.24) is 21.1 Å². The van der Waals surface area contributed by atoms with Crippen LogP contribution in [0.2, 0.25) is 0 Å². The van der Waals surface area contributed by atoms with Crippen molar-refractivity contribution < 1.29 is 29.4 Å². The summed E-state index contributed by atoms with van der Waals surface area (Å²) >= 11 is 0. The number of benzene rings is 2. The van der Waals surface area contributed by atoms with E-state index in [0.29, 0.717) is 38.5 Å². The van der Waals surface area contributed by atoms with Gasteiger partial charge in [-0.2, -0.15) is 5.01 Å². The number of carbonyl (C=O) groups excluding carboxylic acids is 2. The average Bonchev–Trinajstić information content (AvgIpc) is 2.90. The third kappa shape index (κ3) is 9.28. The molecule has 0 aliphatic heterocycles. The fourth-order valence-corrected chi connectivity index (χ4v) is 4.76. The lowest BCUT2D eigenvalue weighted by Crippen LogP contribution is -2.72. The summed E-state index contributed by atoms with van der Waals surface area (Å²) in [7, 11) is 0. The molecule has 0 saturated heterocycles. The van der Waals surface area contributed by atoms with Crippen LogP contribution in [0.15, 0.2) is 60.7 Å². The number of carbonyl (C=O) groups is 4. The molecule has 5 N–H and O–H groups in total. The minimum Gasteiger partial charge on any atom is -0.465 e. The van der Waals surface area contributed by atoms with E-state index in [4.69, 9.17) is 0 Å². The highest BCUT2D eigenvalue weighted by atomic mass is 16.4. The highest BCUT2D eigenvalue weighted by Crippen LogP contribution is 2.34. The van der Waals surface area contributed by atoms with Gasteiger partial charge in [0.05, 0.1) is 12.1 Å². The van der Waals surface area contributed by atoms with Gasteiger partial charge >= 0.3 is 12.2 Å². The SMILES string of the molecule is CC(C=O)NCCCC[C@@H](Cc1ccccc1)C(Cc1ccccc1)(NC(=O)O)N(NC(=O)O)[C@@H](C)C=O. The van der Waals surface area contributed by atoms with Crippen molar-refractivity contribution in [1.29, 1.82) is 0 Å². The largest absolute Gasteiger partial charge is 0.465 e. The number of hydrogen-bond donors (Lipinski definition) is 5. The Balaban J connectivity index is 2.60. The Bertz CT molecular complexity index is 1020. The molecule has 10 heteroatoms. The van der Waals surface area contributed by atoms with E-state index in [0.717, 1.165) is 17.4 Å². The molecule has 0 spiro atoms. The molecule has 2 rings (SSSR count). The summed E-state index contributed by atoms with van der Waals surface area (Å²) in [6, 6.07) is 17.5. The van der Waals surface area contributed by atoms with Crippen LogP contribution in [0.5, 0.6) is 0 Å². The fourth-order valence-electron chi connectivity index (χ4n) is 4.76. The summed E-state index contributed by atoms with van der Waals surface area (Å²) in [6.45, 7) is 3.89. The highest BCUT2D eigenvalue weighted by molar-refractivity contribution is 5.68. The van der Waals surface area contributed by atoms with Crippen LogP contribution in [0.1, 0.15) is 44.2 Å². The van der Waals surface area contributed by atoms with Gasteiger partial charge in [-0.05, 0) is 50.8 Å². The van der Waals surface area contributed by atoms with E-state index in [1.54, 1.807) is 6.92 Å². The average molecular weight is 527 g/mol. The lowest BCUT2D eigenvalue weighted by Gasteiger charge is -2.49. The van der Waals surface area contributed by atoms with Crippen LogP contribution in [-0.2, 0) is 22.4 Å². The number of aldehydes is 2. The second-order valence-electron chi connectivity index (χ2n) is 9.44. The Hall–Kier alpha value is -3.76. The molecule has 2 unspecified atom stereocenters. The maximum atomic E-state index is 12.3. The van der Waals surface area contributed by atoms with Gasteiger partial charge < -0.3 is 30.4 Å². The van der Waals surface area contributed by atoms with Gasteiger partial charge in [-0.15, -0.1) is 0 Å². The third-order valence-electron chi connectivity index (χ3n) is 6.54. The second-order valence-corrected chi connectivity index (χ2v) is 9.44. The van der Waals surface area contributed by atoms with Gasteiger partial charge in [0.1, 0.15) is 18.2 Å². The molecule has 0 radical (unpaired) electrons. The predicted octanol–water partition coefficient (Wildman–Crippen LogP) is 3.47. The van der Waals surface area contributed by atoms with E-state index in [9.17, 15) is 29.4 Å². The summed E-state index contributed by atoms with van der Waals surface area (Å²) in [5.74, 6) is -0.445. The van der Waals surface area contributed by atoms with Gasteiger partial charge in [-0.3, -0.25) is 5.43 Å². The molecule has 38 heavy (non-hydrogen) atoms. The minimum absolute atomic E-state index is 0.108. The van der Waals surface area contributed by atoms with Crippen molar-refractivity contribution in [3.63, 3.8) is 0 Å². The lowest BCUT2D eigenvalue weighted by atomic mass is 9.78. The zero-order chi connectivity index (χ0) is 28.0. The Kier molecular flexibility index (Phi) is 12.4. The number of hydrazine groups is 1. The predicted molar refractivity (Wildman–Crippen MR) is 144 cm³/mol. The lowest BCUT2D eigenvalue weighted by molar-refractivity contribution is -0.121. The summed E-state index contributed by atoms with van der Waals surface area (Å²) < 4.78 is 0. The van der Waals surface area contributed by atoms with E-state index < -0.39 is 29.8 Å². The monoisotopic (exact) mass is 526 g/mol. The van der Waals surface area contributed by atoms with Crippen molar-refractivity contribution in [2.45, 2.75) is 63.7 Å². The maximum Gasteiger partial charge on any atom is 0.419 e. The van der Waals surface area contributed by atoms with Crippen LogP contribution in [-0.4, -0.2) is 64.3 Å². The van der Waals surface area contributed by atoms with E-state index in [1.165, 1.54) is 11.9 Å². The quantitative estimate of drug-likeness (QED) is 0.0911. The molecule has 0 saturated carbocycles. The molecule has 0 aromatic heterocycles. The van der Waals surface area contributed by atoms with Crippen molar-refractivity contribution in [2.75, 3.05) is 6.54 Å². The molecule has 2 aromatic rings. The van der Waals surface area contributed by atoms with Crippen LogP contribution in [0, 0.1) is 5.92 Å². The topological polar surface area (TPSA) is 148 Å². The first kappa shape index (κ1) is 30.5. The molecule has 2 aromatic carbocycles. The van der Waals surface area contributed by atoms with Gasteiger partial charge in [0.15, 0.2) is 0 Å². The van der Waals surface area contributed by atoms with Crippen LogP contribution in [0.3, 0.4) is 0 Å². The van der Waals surface area contributed by atoms with Crippen LogP contribution < -0.4 is 16.1 Å². The molecule has 4 atom stereocenters. The Labute approximate surface area is 223 Å². The molecule has 0 heterocycles.